The lowest BCUT2D eigenvalue weighted by Gasteiger charge is -2.12. The van der Waals surface area contributed by atoms with Gasteiger partial charge in [-0.2, -0.15) is 0 Å². The smallest absolute Gasteiger partial charge is 0.264 e. The number of nitrogens with one attached hydrogen (secondary N) is 1. The molecule has 3 N–H and O–H groups in total. The number of anilines is 2. The van der Waals surface area contributed by atoms with Gasteiger partial charge in [-0.1, -0.05) is 0 Å². The molecule has 0 radical (unpaired) electrons. The summed E-state index contributed by atoms with van der Waals surface area (Å²) in [5.74, 6) is -2.96. The summed E-state index contributed by atoms with van der Waals surface area (Å²) >= 11 is 0. The van der Waals surface area contributed by atoms with Crippen molar-refractivity contribution in [3.8, 4) is 0 Å². The fourth-order valence-corrected chi connectivity index (χ4v) is 2.92. The molecule has 0 saturated heterocycles. The van der Waals surface area contributed by atoms with Crippen LogP contribution >= 0.6 is 0 Å². The minimum absolute atomic E-state index is 0.0821. The van der Waals surface area contributed by atoms with E-state index in [4.69, 9.17) is 5.73 Å². The van der Waals surface area contributed by atoms with E-state index in [9.17, 15) is 21.6 Å². The number of halogens is 3. The maximum absolute atomic E-state index is 13.8. The van der Waals surface area contributed by atoms with Gasteiger partial charge in [0.15, 0.2) is 5.82 Å². The van der Waals surface area contributed by atoms with Crippen molar-refractivity contribution in [1.82, 2.24) is 0 Å². The highest BCUT2D eigenvalue weighted by molar-refractivity contribution is 7.92. The zero-order valence-corrected chi connectivity index (χ0v) is 11.6. The van der Waals surface area contributed by atoms with Gasteiger partial charge in [-0.3, -0.25) is 4.72 Å². The van der Waals surface area contributed by atoms with Gasteiger partial charge < -0.3 is 5.73 Å². The SMILES string of the molecule is Cc1cc(F)ccc1NS(=O)(=O)c1ccc(F)c(N)c1F. The normalized spacial score (nSPS) is 11.4. The van der Waals surface area contributed by atoms with Crippen LogP contribution in [0.5, 0.6) is 0 Å². The van der Waals surface area contributed by atoms with E-state index in [0.29, 0.717) is 5.56 Å². The van der Waals surface area contributed by atoms with E-state index in [2.05, 4.69) is 4.72 Å². The van der Waals surface area contributed by atoms with Crippen LogP contribution in [0, 0.1) is 24.4 Å². The molecule has 0 saturated carbocycles. The Labute approximate surface area is 119 Å². The van der Waals surface area contributed by atoms with Crippen LogP contribution in [0.2, 0.25) is 0 Å². The second-order valence-corrected chi connectivity index (χ2v) is 5.99. The van der Waals surface area contributed by atoms with E-state index in [1.165, 1.54) is 13.0 Å². The van der Waals surface area contributed by atoms with Crippen LogP contribution in [0.3, 0.4) is 0 Å². The molecule has 0 atom stereocenters. The van der Waals surface area contributed by atoms with Gasteiger partial charge in [-0.15, -0.1) is 0 Å². The molecule has 21 heavy (non-hydrogen) atoms. The summed E-state index contributed by atoms with van der Waals surface area (Å²) in [4.78, 5) is -0.787. The lowest BCUT2D eigenvalue weighted by Crippen LogP contribution is -2.16. The Morgan fingerprint density at radius 2 is 1.76 bits per heavy atom. The van der Waals surface area contributed by atoms with Crippen LogP contribution in [-0.2, 0) is 10.0 Å². The molecule has 112 valence electrons. The van der Waals surface area contributed by atoms with E-state index >= 15 is 0 Å². The average molecular weight is 316 g/mol. The summed E-state index contributed by atoms with van der Waals surface area (Å²) in [5.41, 5.74) is 4.65. The molecule has 2 aromatic carbocycles. The summed E-state index contributed by atoms with van der Waals surface area (Å²) in [6, 6.07) is 4.90. The fourth-order valence-electron chi connectivity index (χ4n) is 1.70. The molecular weight excluding hydrogens is 305 g/mol. The van der Waals surface area contributed by atoms with Crippen LogP contribution in [0.4, 0.5) is 24.5 Å². The van der Waals surface area contributed by atoms with Crippen LogP contribution in [0.15, 0.2) is 35.2 Å². The molecule has 0 amide bonds. The van der Waals surface area contributed by atoms with Gasteiger partial charge in [0.05, 0.1) is 5.69 Å². The second-order valence-electron chi connectivity index (χ2n) is 4.34. The standard InChI is InChI=1S/C13H11F3N2O2S/c1-7-6-8(14)2-4-10(7)18-21(19,20)11-5-3-9(15)13(17)12(11)16/h2-6,18H,17H2,1H3. The zero-order valence-electron chi connectivity index (χ0n) is 10.8. The van der Waals surface area contributed by atoms with Crippen LogP contribution in [0.25, 0.3) is 0 Å². The van der Waals surface area contributed by atoms with Crippen molar-refractivity contribution < 1.29 is 21.6 Å². The Hall–Kier alpha value is -2.22. The highest BCUT2D eigenvalue weighted by Crippen LogP contribution is 2.26. The molecule has 0 spiro atoms. The minimum Gasteiger partial charge on any atom is -0.394 e. The summed E-state index contributed by atoms with van der Waals surface area (Å²) in [6.45, 7) is 1.48. The van der Waals surface area contributed by atoms with E-state index in [-0.39, 0.29) is 5.69 Å². The first-order valence-corrected chi connectivity index (χ1v) is 7.23. The molecule has 0 unspecified atom stereocenters. The van der Waals surface area contributed by atoms with Gasteiger partial charge >= 0.3 is 0 Å². The van der Waals surface area contributed by atoms with Crippen molar-refractivity contribution in [2.75, 3.05) is 10.5 Å². The van der Waals surface area contributed by atoms with Crippen molar-refractivity contribution in [3.63, 3.8) is 0 Å². The van der Waals surface area contributed by atoms with Gasteiger partial charge in [0, 0.05) is 0 Å². The fraction of sp³-hybridized carbons (Fsp3) is 0.0769. The highest BCUT2D eigenvalue weighted by Gasteiger charge is 2.23. The predicted octanol–water partition coefficient (Wildman–Crippen LogP) is 2.80. The molecule has 0 aliphatic heterocycles. The van der Waals surface area contributed by atoms with Crippen molar-refractivity contribution in [3.05, 3.63) is 53.3 Å². The first-order valence-electron chi connectivity index (χ1n) is 5.75. The van der Waals surface area contributed by atoms with Crippen molar-refractivity contribution in [2.45, 2.75) is 11.8 Å². The van der Waals surface area contributed by atoms with E-state index in [1.54, 1.807) is 0 Å². The van der Waals surface area contributed by atoms with Crippen LogP contribution < -0.4 is 10.5 Å². The number of sulfonamides is 1. The molecule has 0 aliphatic rings. The van der Waals surface area contributed by atoms with Gasteiger partial charge in [-0.25, -0.2) is 21.6 Å². The number of benzene rings is 2. The van der Waals surface area contributed by atoms with Crippen molar-refractivity contribution in [1.29, 1.82) is 0 Å². The van der Waals surface area contributed by atoms with Crippen molar-refractivity contribution >= 4 is 21.4 Å². The van der Waals surface area contributed by atoms with Gasteiger partial charge in [0.1, 0.15) is 22.2 Å². The monoisotopic (exact) mass is 316 g/mol. The molecule has 2 rings (SSSR count). The number of nitrogen functional groups attached to an aromatic ring is 1. The van der Waals surface area contributed by atoms with Gasteiger partial charge in [-0.05, 0) is 42.8 Å². The Balaban J connectivity index is 2.46. The number of rotatable bonds is 3. The Morgan fingerprint density at radius 3 is 2.38 bits per heavy atom. The maximum atomic E-state index is 13.8. The van der Waals surface area contributed by atoms with E-state index in [0.717, 1.165) is 24.3 Å². The summed E-state index contributed by atoms with van der Waals surface area (Å²) in [7, 11) is -4.31. The van der Waals surface area contributed by atoms with Crippen LogP contribution in [0.1, 0.15) is 5.56 Å². The summed E-state index contributed by atoms with van der Waals surface area (Å²) in [5, 5.41) is 0. The molecule has 0 aliphatic carbocycles. The third-order valence-electron chi connectivity index (χ3n) is 2.81. The Bertz CT molecular complexity index is 807. The minimum atomic E-state index is -4.31. The van der Waals surface area contributed by atoms with E-state index < -0.39 is 38.1 Å². The zero-order chi connectivity index (χ0) is 15.8. The summed E-state index contributed by atoms with van der Waals surface area (Å²) < 4.78 is 66.1. The molecule has 2 aromatic rings. The maximum Gasteiger partial charge on any atom is 0.264 e. The average Bonchev–Trinajstić information content (AvgIpc) is 2.39. The highest BCUT2D eigenvalue weighted by atomic mass is 32.2. The quantitative estimate of drug-likeness (QED) is 0.855. The lowest BCUT2D eigenvalue weighted by molar-refractivity contribution is 0.557. The Morgan fingerprint density at radius 1 is 1.10 bits per heavy atom. The summed E-state index contributed by atoms with van der Waals surface area (Å²) in [6.07, 6.45) is 0. The molecular formula is C13H11F3N2O2S. The number of hydrogen-bond acceptors (Lipinski definition) is 3. The number of nitrogens with two attached hydrogens (primary N) is 1. The topological polar surface area (TPSA) is 72.2 Å². The van der Waals surface area contributed by atoms with Gasteiger partial charge in [0.25, 0.3) is 10.0 Å². The second kappa shape index (κ2) is 5.28. The Kier molecular flexibility index (Phi) is 3.82. The van der Waals surface area contributed by atoms with Gasteiger partial charge in [0.2, 0.25) is 0 Å². The molecule has 8 heteroatoms. The lowest BCUT2D eigenvalue weighted by atomic mass is 10.2. The number of aryl methyl sites for hydroxylation is 1. The molecule has 0 aromatic heterocycles. The molecule has 0 bridgehead atoms. The third kappa shape index (κ3) is 2.94. The predicted molar refractivity (Wildman–Crippen MR) is 72.7 cm³/mol. The van der Waals surface area contributed by atoms with Crippen molar-refractivity contribution in [2.24, 2.45) is 0 Å². The molecule has 0 fully saturated rings. The number of hydrogen-bond donors (Lipinski definition) is 2. The van der Waals surface area contributed by atoms with E-state index in [1.807, 2.05) is 0 Å². The first kappa shape index (κ1) is 15.2. The third-order valence-corrected chi connectivity index (χ3v) is 4.20. The molecule has 0 heterocycles. The largest absolute Gasteiger partial charge is 0.394 e. The van der Waals surface area contributed by atoms with Crippen LogP contribution in [-0.4, -0.2) is 8.42 Å². The molecule has 4 nitrogen and oxygen atoms in total. The first-order chi connectivity index (χ1) is 9.72.